The van der Waals surface area contributed by atoms with Gasteiger partial charge in [-0.3, -0.25) is 4.79 Å². The molecule has 0 radical (unpaired) electrons. The molecule has 0 fully saturated rings. The van der Waals surface area contributed by atoms with Crippen molar-refractivity contribution in [1.82, 2.24) is 0 Å². The maximum absolute atomic E-state index is 11.2. The van der Waals surface area contributed by atoms with E-state index in [4.69, 9.17) is 5.26 Å². The molecule has 1 aliphatic carbocycles. The summed E-state index contributed by atoms with van der Waals surface area (Å²) in [5.41, 5.74) is 3.51. The summed E-state index contributed by atoms with van der Waals surface area (Å²) in [4.78, 5) is 11.2. The maximum Gasteiger partial charge on any atom is 0.238 e. The molecular formula is C12H12N2O. The van der Waals surface area contributed by atoms with Crippen molar-refractivity contribution in [3.05, 3.63) is 29.3 Å². The first kappa shape index (κ1) is 9.72. The van der Waals surface area contributed by atoms with Crippen LogP contribution in [0.2, 0.25) is 0 Å². The summed E-state index contributed by atoms with van der Waals surface area (Å²) < 4.78 is 0. The predicted octanol–water partition coefficient (Wildman–Crippen LogP) is 2.03. The van der Waals surface area contributed by atoms with Gasteiger partial charge in [-0.25, -0.2) is 0 Å². The van der Waals surface area contributed by atoms with Gasteiger partial charge >= 0.3 is 0 Å². The van der Waals surface area contributed by atoms with Crippen molar-refractivity contribution < 1.29 is 4.79 Å². The van der Waals surface area contributed by atoms with Crippen LogP contribution in [-0.4, -0.2) is 5.91 Å². The quantitative estimate of drug-likeness (QED) is 0.794. The molecule has 2 rings (SSSR count). The van der Waals surface area contributed by atoms with Gasteiger partial charge in [-0.1, -0.05) is 6.07 Å². The monoisotopic (exact) mass is 200 g/mol. The van der Waals surface area contributed by atoms with Crippen molar-refractivity contribution in [2.45, 2.75) is 25.7 Å². The number of anilines is 1. The Morgan fingerprint density at radius 1 is 1.40 bits per heavy atom. The van der Waals surface area contributed by atoms with Crippen molar-refractivity contribution in [1.29, 1.82) is 5.26 Å². The standard InChI is InChI=1S/C12H12N2O/c13-7-6-12(15)14-11-5-4-9-2-1-3-10(9)8-11/h4-5,8H,1-3,6H2,(H,14,15). The fourth-order valence-electron chi connectivity index (χ4n) is 1.93. The molecule has 3 heteroatoms. The van der Waals surface area contributed by atoms with E-state index in [1.54, 1.807) is 0 Å². The summed E-state index contributed by atoms with van der Waals surface area (Å²) in [7, 11) is 0. The van der Waals surface area contributed by atoms with Crippen LogP contribution in [0, 0.1) is 11.3 Å². The fraction of sp³-hybridized carbons (Fsp3) is 0.333. The highest BCUT2D eigenvalue weighted by atomic mass is 16.1. The van der Waals surface area contributed by atoms with E-state index in [2.05, 4.69) is 11.4 Å². The molecule has 0 saturated heterocycles. The van der Waals surface area contributed by atoms with Gasteiger partial charge in [0, 0.05) is 5.69 Å². The van der Waals surface area contributed by atoms with Gasteiger partial charge in [0.15, 0.2) is 0 Å². The molecule has 0 aromatic heterocycles. The molecule has 1 amide bonds. The van der Waals surface area contributed by atoms with E-state index in [9.17, 15) is 4.79 Å². The highest BCUT2D eigenvalue weighted by Crippen LogP contribution is 2.24. The van der Waals surface area contributed by atoms with Crippen LogP contribution in [0.1, 0.15) is 24.0 Å². The molecule has 0 aliphatic heterocycles. The van der Waals surface area contributed by atoms with Gasteiger partial charge in [0.1, 0.15) is 6.42 Å². The zero-order valence-electron chi connectivity index (χ0n) is 8.42. The summed E-state index contributed by atoms with van der Waals surface area (Å²) in [5.74, 6) is -0.240. The van der Waals surface area contributed by atoms with Gasteiger partial charge in [-0.15, -0.1) is 0 Å². The number of nitrogens with zero attached hydrogens (tertiary/aromatic N) is 1. The maximum atomic E-state index is 11.2. The molecule has 3 nitrogen and oxygen atoms in total. The molecule has 1 N–H and O–H groups in total. The van der Waals surface area contributed by atoms with E-state index >= 15 is 0 Å². The summed E-state index contributed by atoms with van der Waals surface area (Å²) in [5, 5.41) is 11.1. The second-order valence-electron chi connectivity index (χ2n) is 3.72. The highest BCUT2D eigenvalue weighted by Gasteiger charge is 2.11. The molecule has 0 spiro atoms. The van der Waals surface area contributed by atoms with Crippen LogP contribution < -0.4 is 5.32 Å². The Balaban J connectivity index is 2.11. The molecular weight excluding hydrogens is 188 g/mol. The van der Waals surface area contributed by atoms with Gasteiger partial charge in [0.2, 0.25) is 5.91 Å². The van der Waals surface area contributed by atoms with Crippen LogP contribution in [-0.2, 0) is 17.6 Å². The average Bonchev–Trinajstić information content (AvgIpc) is 2.65. The Labute approximate surface area is 88.7 Å². The average molecular weight is 200 g/mol. The number of rotatable bonds is 2. The first-order valence-electron chi connectivity index (χ1n) is 5.08. The largest absolute Gasteiger partial charge is 0.325 e. The Kier molecular flexibility index (Phi) is 2.68. The van der Waals surface area contributed by atoms with Crippen molar-refractivity contribution >= 4 is 11.6 Å². The third-order valence-electron chi connectivity index (χ3n) is 2.62. The number of fused-ring (bicyclic) bond motifs is 1. The highest BCUT2D eigenvalue weighted by molar-refractivity contribution is 5.92. The summed E-state index contributed by atoms with van der Waals surface area (Å²) in [6.45, 7) is 0. The van der Waals surface area contributed by atoms with Crippen LogP contribution in [0.4, 0.5) is 5.69 Å². The SMILES string of the molecule is N#CCC(=O)Nc1ccc2c(c1)CCC2. The second-order valence-corrected chi connectivity index (χ2v) is 3.72. The van der Waals surface area contributed by atoms with Crippen molar-refractivity contribution in [3.8, 4) is 6.07 Å². The third-order valence-corrected chi connectivity index (χ3v) is 2.62. The minimum absolute atomic E-state index is 0.0862. The van der Waals surface area contributed by atoms with Gasteiger partial charge in [-0.05, 0) is 42.5 Å². The minimum atomic E-state index is -0.240. The number of hydrogen-bond donors (Lipinski definition) is 1. The lowest BCUT2D eigenvalue weighted by Gasteiger charge is -2.05. The number of amides is 1. The van der Waals surface area contributed by atoms with E-state index < -0.39 is 0 Å². The van der Waals surface area contributed by atoms with Crippen LogP contribution in [0.25, 0.3) is 0 Å². The Hall–Kier alpha value is -1.82. The molecule has 0 saturated carbocycles. The van der Waals surface area contributed by atoms with E-state index in [1.807, 2.05) is 18.2 Å². The molecule has 0 bridgehead atoms. The number of nitriles is 1. The summed E-state index contributed by atoms with van der Waals surface area (Å²) in [6, 6.07) is 7.80. The number of carbonyl (C=O) groups excluding carboxylic acids is 1. The van der Waals surface area contributed by atoms with E-state index in [-0.39, 0.29) is 12.3 Å². The molecule has 0 atom stereocenters. The van der Waals surface area contributed by atoms with Crippen LogP contribution in [0.15, 0.2) is 18.2 Å². The fourth-order valence-corrected chi connectivity index (χ4v) is 1.93. The van der Waals surface area contributed by atoms with Crippen LogP contribution in [0.3, 0.4) is 0 Å². The minimum Gasteiger partial charge on any atom is -0.325 e. The zero-order chi connectivity index (χ0) is 10.7. The third kappa shape index (κ3) is 2.16. The molecule has 76 valence electrons. The van der Waals surface area contributed by atoms with Gasteiger partial charge in [0.25, 0.3) is 0 Å². The molecule has 15 heavy (non-hydrogen) atoms. The topological polar surface area (TPSA) is 52.9 Å². The number of hydrogen-bond acceptors (Lipinski definition) is 2. The molecule has 0 heterocycles. The molecule has 1 aromatic rings. The number of aryl methyl sites for hydroxylation is 2. The van der Waals surface area contributed by atoms with Crippen LogP contribution >= 0.6 is 0 Å². The predicted molar refractivity (Wildman–Crippen MR) is 57.3 cm³/mol. The second kappa shape index (κ2) is 4.14. The lowest BCUT2D eigenvalue weighted by molar-refractivity contribution is -0.115. The van der Waals surface area contributed by atoms with Crippen LogP contribution in [0.5, 0.6) is 0 Å². The lowest BCUT2D eigenvalue weighted by atomic mass is 10.1. The zero-order valence-corrected chi connectivity index (χ0v) is 8.42. The molecule has 1 aliphatic rings. The normalized spacial score (nSPS) is 13.0. The first-order chi connectivity index (χ1) is 7.29. The van der Waals surface area contributed by atoms with Crippen molar-refractivity contribution in [2.24, 2.45) is 0 Å². The Morgan fingerprint density at radius 2 is 2.20 bits per heavy atom. The van der Waals surface area contributed by atoms with Gasteiger partial charge in [0.05, 0.1) is 6.07 Å². The van der Waals surface area contributed by atoms with E-state index in [1.165, 1.54) is 17.5 Å². The van der Waals surface area contributed by atoms with Gasteiger partial charge in [-0.2, -0.15) is 5.26 Å². The molecule has 0 unspecified atom stereocenters. The summed E-state index contributed by atoms with van der Waals surface area (Å²) in [6.07, 6.45) is 3.35. The Bertz CT molecular complexity index is 432. The molecule has 1 aromatic carbocycles. The van der Waals surface area contributed by atoms with E-state index in [0.717, 1.165) is 18.5 Å². The lowest BCUT2D eigenvalue weighted by Crippen LogP contribution is -2.10. The number of benzene rings is 1. The smallest absolute Gasteiger partial charge is 0.238 e. The van der Waals surface area contributed by atoms with Crippen molar-refractivity contribution in [2.75, 3.05) is 5.32 Å². The van der Waals surface area contributed by atoms with Gasteiger partial charge < -0.3 is 5.32 Å². The van der Waals surface area contributed by atoms with E-state index in [0.29, 0.717) is 0 Å². The first-order valence-corrected chi connectivity index (χ1v) is 5.08. The number of nitrogens with one attached hydrogen (secondary N) is 1. The summed E-state index contributed by atoms with van der Waals surface area (Å²) >= 11 is 0. The Morgan fingerprint density at radius 3 is 3.00 bits per heavy atom. The van der Waals surface area contributed by atoms with Crippen molar-refractivity contribution in [3.63, 3.8) is 0 Å². The number of carbonyl (C=O) groups is 1.